The van der Waals surface area contributed by atoms with Crippen LogP contribution in [-0.4, -0.2) is 65.2 Å². The number of likely N-dealkylation sites (tertiary alicyclic amines) is 1. The summed E-state index contributed by atoms with van der Waals surface area (Å²) in [6.45, 7) is 9.49. The monoisotopic (exact) mass is 386 g/mol. The quantitative estimate of drug-likeness (QED) is 0.811. The van der Waals surface area contributed by atoms with E-state index < -0.39 is 0 Å². The molecule has 0 saturated carbocycles. The molecule has 152 valence electrons. The van der Waals surface area contributed by atoms with E-state index in [4.69, 9.17) is 9.51 Å². The predicted octanol–water partition coefficient (Wildman–Crippen LogP) is 1.92. The molecule has 1 N–H and O–H groups in total. The summed E-state index contributed by atoms with van der Waals surface area (Å²) in [6.07, 6.45) is 5.22. The molecule has 2 fully saturated rings. The highest BCUT2D eigenvalue weighted by Gasteiger charge is 2.29. The molecule has 2 aromatic heterocycles. The molecule has 4 heterocycles. The number of anilines is 1. The largest absolute Gasteiger partial charge is 0.355 e. The summed E-state index contributed by atoms with van der Waals surface area (Å²) in [5, 5.41) is 8.19. The molecular weight excluding hydrogens is 356 g/mol. The van der Waals surface area contributed by atoms with Crippen molar-refractivity contribution < 1.29 is 9.32 Å². The third-order valence-corrected chi connectivity index (χ3v) is 5.85. The lowest BCUT2D eigenvalue weighted by atomic mass is 9.97. The van der Waals surface area contributed by atoms with Crippen molar-refractivity contribution in [3.63, 3.8) is 0 Å². The normalized spacial score (nSPS) is 20.8. The molecule has 0 bridgehead atoms. The molecule has 1 unspecified atom stereocenters. The molecule has 2 saturated heterocycles. The van der Waals surface area contributed by atoms with E-state index in [-0.39, 0.29) is 11.8 Å². The van der Waals surface area contributed by atoms with Gasteiger partial charge in [0.15, 0.2) is 0 Å². The van der Waals surface area contributed by atoms with Gasteiger partial charge in [-0.05, 0) is 52.1 Å². The van der Waals surface area contributed by atoms with Gasteiger partial charge in [0.1, 0.15) is 17.0 Å². The summed E-state index contributed by atoms with van der Waals surface area (Å²) < 4.78 is 5.42. The van der Waals surface area contributed by atoms with Crippen molar-refractivity contribution in [3.8, 4) is 0 Å². The van der Waals surface area contributed by atoms with Crippen molar-refractivity contribution in [1.29, 1.82) is 0 Å². The van der Waals surface area contributed by atoms with Crippen LogP contribution in [0, 0.1) is 12.8 Å². The maximum absolute atomic E-state index is 12.7. The number of amides is 1. The van der Waals surface area contributed by atoms with Gasteiger partial charge in [0, 0.05) is 26.2 Å². The van der Waals surface area contributed by atoms with Crippen LogP contribution >= 0.6 is 0 Å². The smallest absolute Gasteiger partial charge is 0.263 e. The molecule has 0 aliphatic carbocycles. The molecule has 0 spiro atoms. The zero-order valence-corrected chi connectivity index (χ0v) is 16.9. The lowest BCUT2D eigenvalue weighted by molar-refractivity contribution is -0.125. The molecule has 0 aromatic carbocycles. The second kappa shape index (κ2) is 8.43. The Morgan fingerprint density at radius 1 is 1.21 bits per heavy atom. The summed E-state index contributed by atoms with van der Waals surface area (Å²) in [7, 11) is 0. The number of fused-ring (bicyclic) bond motifs is 1. The van der Waals surface area contributed by atoms with Gasteiger partial charge in [0.05, 0.1) is 11.6 Å². The van der Waals surface area contributed by atoms with Crippen LogP contribution in [-0.2, 0) is 11.2 Å². The molecule has 8 heteroatoms. The van der Waals surface area contributed by atoms with E-state index in [0.29, 0.717) is 18.1 Å². The van der Waals surface area contributed by atoms with Crippen molar-refractivity contribution in [1.82, 2.24) is 25.3 Å². The van der Waals surface area contributed by atoms with Gasteiger partial charge in [-0.2, -0.15) is 4.98 Å². The molecule has 4 rings (SSSR count). The Morgan fingerprint density at radius 2 is 2.04 bits per heavy atom. The van der Waals surface area contributed by atoms with Crippen LogP contribution in [0.15, 0.2) is 4.52 Å². The van der Waals surface area contributed by atoms with E-state index in [2.05, 4.69) is 25.3 Å². The van der Waals surface area contributed by atoms with Gasteiger partial charge in [-0.1, -0.05) is 12.1 Å². The first-order chi connectivity index (χ1) is 13.7. The van der Waals surface area contributed by atoms with Gasteiger partial charge in [-0.15, -0.1) is 0 Å². The van der Waals surface area contributed by atoms with Crippen LogP contribution in [0.5, 0.6) is 0 Å². The van der Waals surface area contributed by atoms with Crippen molar-refractivity contribution in [2.24, 2.45) is 5.92 Å². The van der Waals surface area contributed by atoms with Crippen LogP contribution < -0.4 is 10.2 Å². The van der Waals surface area contributed by atoms with Crippen LogP contribution in [0.2, 0.25) is 0 Å². The van der Waals surface area contributed by atoms with Crippen LogP contribution in [0.3, 0.4) is 0 Å². The van der Waals surface area contributed by atoms with E-state index in [9.17, 15) is 4.79 Å². The molecule has 0 radical (unpaired) electrons. The minimum Gasteiger partial charge on any atom is -0.355 e. The predicted molar refractivity (Wildman–Crippen MR) is 107 cm³/mol. The second-order valence-corrected chi connectivity index (χ2v) is 7.88. The first-order valence-electron chi connectivity index (χ1n) is 10.5. The first kappa shape index (κ1) is 19.1. The van der Waals surface area contributed by atoms with E-state index in [1.54, 1.807) is 0 Å². The Hall–Kier alpha value is -2.22. The van der Waals surface area contributed by atoms with Gasteiger partial charge < -0.3 is 19.6 Å². The standard InChI is InChI=1S/C20H30N6O2/c1-3-16-17-18(22-14(2)23-20(17)28-24-16)26-11-6-7-15(13-26)19(27)21-8-12-25-9-4-5-10-25/h15H,3-13H2,1-2H3,(H,21,27). The van der Waals surface area contributed by atoms with Gasteiger partial charge in [0.25, 0.3) is 5.71 Å². The average molecular weight is 387 g/mol. The number of carbonyl (C=O) groups excluding carboxylic acids is 1. The minimum atomic E-state index is -0.0115. The van der Waals surface area contributed by atoms with Gasteiger partial charge in [-0.25, -0.2) is 4.98 Å². The number of carbonyl (C=O) groups is 1. The molecule has 2 aliphatic rings. The molecular formula is C20H30N6O2. The highest BCUT2D eigenvalue weighted by molar-refractivity contribution is 5.89. The van der Waals surface area contributed by atoms with Crippen molar-refractivity contribution in [2.75, 3.05) is 44.2 Å². The maximum Gasteiger partial charge on any atom is 0.263 e. The summed E-state index contributed by atoms with van der Waals surface area (Å²) in [5.41, 5.74) is 1.42. The summed E-state index contributed by atoms with van der Waals surface area (Å²) >= 11 is 0. The topological polar surface area (TPSA) is 87.4 Å². The number of hydrogen-bond donors (Lipinski definition) is 1. The van der Waals surface area contributed by atoms with Crippen LogP contribution in [0.1, 0.15) is 44.1 Å². The molecule has 28 heavy (non-hydrogen) atoms. The van der Waals surface area contributed by atoms with Crippen molar-refractivity contribution in [3.05, 3.63) is 11.5 Å². The lowest BCUT2D eigenvalue weighted by Crippen LogP contribution is -2.45. The minimum absolute atomic E-state index is 0.0115. The fourth-order valence-corrected chi connectivity index (χ4v) is 4.34. The number of hydrogen-bond acceptors (Lipinski definition) is 7. The first-order valence-corrected chi connectivity index (χ1v) is 10.5. The third kappa shape index (κ3) is 3.97. The zero-order chi connectivity index (χ0) is 19.5. The van der Waals surface area contributed by atoms with E-state index in [0.717, 1.165) is 68.9 Å². The summed E-state index contributed by atoms with van der Waals surface area (Å²) in [5.74, 6) is 1.67. The van der Waals surface area contributed by atoms with Crippen LogP contribution in [0.25, 0.3) is 11.1 Å². The maximum atomic E-state index is 12.7. The third-order valence-electron chi connectivity index (χ3n) is 5.85. The van der Waals surface area contributed by atoms with Gasteiger partial charge in [0.2, 0.25) is 5.91 Å². The number of nitrogens with one attached hydrogen (secondary N) is 1. The zero-order valence-electron chi connectivity index (χ0n) is 16.9. The molecule has 1 amide bonds. The van der Waals surface area contributed by atoms with Crippen LogP contribution in [0.4, 0.5) is 5.82 Å². The molecule has 2 aliphatic heterocycles. The van der Waals surface area contributed by atoms with Crippen molar-refractivity contribution in [2.45, 2.75) is 46.0 Å². The molecule has 1 atom stereocenters. The fraction of sp³-hybridized carbons (Fsp3) is 0.700. The number of nitrogens with zero attached hydrogens (tertiary/aromatic N) is 5. The molecule has 2 aromatic rings. The highest BCUT2D eigenvalue weighted by atomic mass is 16.5. The van der Waals surface area contributed by atoms with E-state index >= 15 is 0 Å². The number of aromatic nitrogens is 3. The Bertz CT molecular complexity index is 829. The Morgan fingerprint density at radius 3 is 2.82 bits per heavy atom. The summed E-state index contributed by atoms with van der Waals surface area (Å²) in [6, 6.07) is 0. The van der Waals surface area contributed by atoms with Crippen molar-refractivity contribution >= 4 is 22.8 Å². The highest BCUT2D eigenvalue weighted by Crippen LogP contribution is 2.30. The number of aryl methyl sites for hydroxylation is 2. The Labute approximate surface area is 165 Å². The van der Waals surface area contributed by atoms with E-state index in [1.807, 2.05) is 13.8 Å². The number of rotatable bonds is 6. The van der Waals surface area contributed by atoms with Gasteiger partial charge >= 0.3 is 0 Å². The summed E-state index contributed by atoms with van der Waals surface area (Å²) in [4.78, 5) is 26.4. The Balaban J connectivity index is 1.44. The fourth-order valence-electron chi connectivity index (χ4n) is 4.34. The SMILES string of the molecule is CCc1noc2nc(C)nc(N3CCCC(C(=O)NCCN4CCCC4)C3)c12. The van der Waals surface area contributed by atoms with Gasteiger partial charge in [-0.3, -0.25) is 4.79 Å². The molecule has 8 nitrogen and oxygen atoms in total. The number of piperidine rings is 1. The second-order valence-electron chi connectivity index (χ2n) is 7.88. The lowest BCUT2D eigenvalue weighted by Gasteiger charge is -2.33. The van der Waals surface area contributed by atoms with E-state index in [1.165, 1.54) is 12.8 Å². The Kier molecular flexibility index (Phi) is 5.75. The average Bonchev–Trinajstić information content (AvgIpc) is 3.37.